The van der Waals surface area contributed by atoms with Crippen LogP contribution in [-0.4, -0.2) is 5.91 Å². The Morgan fingerprint density at radius 3 is 2.08 bits per heavy atom. The van der Waals surface area contributed by atoms with E-state index in [-0.39, 0.29) is 0 Å². The predicted molar refractivity (Wildman–Crippen MR) is 99.2 cm³/mol. The van der Waals surface area contributed by atoms with Crippen LogP contribution in [0.4, 0.5) is 5.69 Å². The highest BCUT2D eigenvalue weighted by Crippen LogP contribution is 2.22. The molecule has 0 saturated carbocycles. The van der Waals surface area contributed by atoms with Gasteiger partial charge in [0.15, 0.2) is 0 Å². The SMILES string of the molecule is NC(=O)C(Nc1ccc(OCc2ccccc2)cc1)c1ccccc1. The lowest BCUT2D eigenvalue weighted by atomic mass is 10.1. The number of carbonyl (C=O) groups excluding carboxylic acids is 1. The number of benzene rings is 3. The third-order valence-electron chi connectivity index (χ3n) is 3.83. The van der Waals surface area contributed by atoms with Crippen molar-refractivity contribution in [3.05, 3.63) is 96.1 Å². The first-order valence-electron chi connectivity index (χ1n) is 8.10. The number of hydrogen-bond donors (Lipinski definition) is 2. The van der Waals surface area contributed by atoms with E-state index in [9.17, 15) is 4.79 Å². The molecule has 0 aliphatic rings. The molecule has 1 amide bonds. The van der Waals surface area contributed by atoms with E-state index in [1.165, 1.54) is 0 Å². The van der Waals surface area contributed by atoms with E-state index >= 15 is 0 Å². The second-order valence-corrected chi connectivity index (χ2v) is 5.69. The van der Waals surface area contributed by atoms with Crippen molar-refractivity contribution in [2.45, 2.75) is 12.6 Å². The standard InChI is InChI=1S/C21H20N2O2/c22-21(24)20(17-9-5-2-6-10-17)23-18-11-13-19(14-12-18)25-15-16-7-3-1-4-8-16/h1-14,20,23H,15H2,(H2,22,24). The van der Waals surface area contributed by atoms with E-state index in [2.05, 4.69) is 5.32 Å². The van der Waals surface area contributed by atoms with E-state index in [0.29, 0.717) is 6.61 Å². The molecular weight excluding hydrogens is 312 g/mol. The molecule has 1 unspecified atom stereocenters. The Morgan fingerprint density at radius 1 is 0.880 bits per heavy atom. The highest BCUT2D eigenvalue weighted by molar-refractivity contribution is 5.84. The maximum Gasteiger partial charge on any atom is 0.244 e. The number of ether oxygens (including phenoxy) is 1. The summed E-state index contributed by atoms with van der Waals surface area (Å²) in [7, 11) is 0. The Hall–Kier alpha value is -3.27. The molecule has 25 heavy (non-hydrogen) atoms. The first kappa shape index (κ1) is 16.6. The van der Waals surface area contributed by atoms with Crippen LogP contribution in [0.15, 0.2) is 84.9 Å². The van der Waals surface area contributed by atoms with Gasteiger partial charge in [0, 0.05) is 5.69 Å². The van der Waals surface area contributed by atoms with Crippen molar-refractivity contribution in [3.8, 4) is 5.75 Å². The Balaban J connectivity index is 1.64. The topological polar surface area (TPSA) is 64.4 Å². The Labute approximate surface area is 147 Å². The largest absolute Gasteiger partial charge is 0.489 e. The van der Waals surface area contributed by atoms with Gasteiger partial charge in [0.05, 0.1) is 0 Å². The molecule has 0 fully saturated rings. The molecule has 0 aromatic heterocycles. The van der Waals surface area contributed by atoms with Gasteiger partial charge in [-0.3, -0.25) is 4.79 Å². The van der Waals surface area contributed by atoms with Gasteiger partial charge in [-0.05, 0) is 35.4 Å². The van der Waals surface area contributed by atoms with Crippen molar-refractivity contribution < 1.29 is 9.53 Å². The zero-order valence-electron chi connectivity index (χ0n) is 13.8. The number of nitrogens with one attached hydrogen (secondary N) is 1. The van der Waals surface area contributed by atoms with Gasteiger partial charge in [-0.1, -0.05) is 60.7 Å². The van der Waals surface area contributed by atoms with Crippen LogP contribution in [0.1, 0.15) is 17.2 Å². The van der Waals surface area contributed by atoms with Crippen LogP contribution in [0, 0.1) is 0 Å². The Bertz CT molecular complexity index is 802. The highest BCUT2D eigenvalue weighted by atomic mass is 16.5. The minimum Gasteiger partial charge on any atom is -0.489 e. The molecule has 3 aromatic carbocycles. The Morgan fingerprint density at radius 2 is 1.48 bits per heavy atom. The monoisotopic (exact) mass is 332 g/mol. The van der Waals surface area contributed by atoms with E-state index < -0.39 is 11.9 Å². The molecule has 1 atom stereocenters. The van der Waals surface area contributed by atoms with Crippen molar-refractivity contribution in [2.75, 3.05) is 5.32 Å². The zero-order valence-corrected chi connectivity index (χ0v) is 13.8. The maximum atomic E-state index is 11.8. The molecular formula is C21H20N2O2. The summed E-state index contributed by atoms with van der Waals surface area (Å²) in [4.78, 5) is 11.8. The summed E-state index contributed by atoms with van der Waals surface area (Å²) in [6, 6.07) is 26.3. The summed E-state index contributed by atoms with van der Waals surface area (Å²) >= 11 is 0. The van der Waals surface area contributed by atoms with Gasteiger partial charge in [0.25, 0.3) is 0 Å². The molecule has 3 rings (SSSR count). The van der Waals surface area contributed by atoms with Crippen LogP contribution < -0.4 is 15.8 Å². The third-order valence-corrected chi connectivity index (χ3v) is 3.83. The van der Waals surface area contributed by atoms with Crippen LogP contribution in [0.5, 0.6) is 5.75 Å². The summed E-state index contributed by atoms with van der Waals surface area (Å²) in [5, 5.41) is 3.17. The molecule has 0 heterocycles. The number of anilines is 1. The second kappa shape index (κ2) is 8.02. The second-order valence-electron chi connectivity index (χ2n) is 5.69. The number of carbonyl (C=O) groups is 1. The van der Waals surface area contributed by atoms with Crippen LogP contribution in [0.2, 0.25) is 0 Å². The number of amides is 1. The molecule has 0 bridgehead atoms. The van der Waals surface area contributed by atoms with Crippen LogP contribution in [0.25, 0.3) is 0 Å². The summed E-state index contributed by atoms with van der Waals surface area (Å²) in [5.41, 5.74) is 8.28. The van der Waals surface area contributed by atoms with Crippen molar-refractivity contribution in [1.82, 2.24) is 0 Å². The lowest BCUT2D eigenvalue weighted by Crippen LogP contribution is -2.27. The molecule has 0 spiro atoms. The minimum absolute atomic E-state index is 0.421. The van der Waals surface area contributed by atoms with Crippen LogP contribution >= 0.6 is 0 Å². The van der Waals surface area contributed by atoms with Crippen molar-refractivity contribution >= 4 is 11.6 Å². The number of rotatable bonds is 7. The summed E-state index contributed by atoms with van der Waals surface area (Å²) in [6.07, 6.45) is 0. The number of primary amides is 1. The molecule has 0 aliphatic heterocycles. The average Bonchev–Trinajstić information content (AvgIpc) is 2.66. The summed E-state index contributed by atoms with van der Waals surface area (Å²) in [5.74, 6) is 0.348. The highest BCUT2D eigenvalue weighted by Gasteiger charge is 2.17. The van der Waals surface area contributed by atoms with Gasteiger partial charge in [0.1, 0.15) is 18.4 Å². The fourth-order valence-corrected chi connectivity index (χ4v) is 2.52. The number of nitrogens with two attached hydrogens (primary N) is 1. The van der Waals surface area contributed by atoms with Gasteiger partial charge in [-0.15, -0.1) is 0 Å². The van der Waals surface area contributed by atoms with Gasteiger partial charge < -0.3 is 15.8 Å². The fourth-order valence-electron chi connectivity index (χ4n) is 2.52. The van der Waals surface area contributed by atoms with Crippen molar-refractivity contribution in [2.24, 2.45) is 5.73 Å². The van der Waals surface area contributed by atoms with Gasteiger partial charge in [0.2, 0.25) is 5.91 Å². The van der Waals surface area contributed by atoms with Gasteiger partial charge in [-0.25, -0.2) is 0 Å². The zero-order chi connectivity index (χ0) is 17.5. The lowest BCUT2D eigenvalue weighted by Gasteiger charge is -2.17. The smallest absolute Gasteiger partial charge is 0.244 e. The van der Waals surface area contributed by atoms with Crippen LogP contribution in [0.3, 0.4) is 0 Å². The van der Waals surface area contributed by atoms with Crippen molar-refractivity contribution in [3.63, 3.8) is 0 Å². The molecule has 126 valence electrons. The summed E-state index contributed by atoms with van der Waals surface area (Å²) < 4.78 is 5.76. The molecule has 4 heteroatoms. The van der Waals surface area contributed by atoms with E-state index in [1.54, 1.807) is 0 Å². The molecule has 3 aromatic rings. The number of hydrogen-bond acceptors (Lipinski definition) is 3. The third kappa shape index (κ3) is 4.61. The minimum atomic E-state index is -0.572. The maximum absolute atomic E-state index is 11.8. The van der Waals surface area contributed by atoms with Gasteiger partial charge in [-0.2, -0.15) is 0 Å². The average molecular weight is 332 g/mol. The van der Waals surface area contributed by atoms with Crippen LogP contribution in [-0.2, 0) is 11.4 Å². The Kier molecular flexibility index (Phi) is 5.32. The van der Waals surface area contributed by atoms with E-state index in [1.807, 2.05) is 84.9 Å². The fraction of sp³-hybridized carbons (Fsp3) is 0.0952. The molecule has 0 saturated heterocycles. The molecule has 0 radical (unpaired) electrons. The predicted octanol–water partition coefficient (Wildman–Crippen LogP) is 3.90. The molecule has 4 nitrogen and oxygen atoms in total. The van der Waals surface area contributed by atoms with E-state index in [0.717, 1.165) is 22.6 Å². The first-order chi connectivity index (χ1) is 12.2. The molecule has 0 aliphatic carbocycles. The summed E-state index contributed by atoms with van der Waals surface area (Å²) in [6.45, 7) is 0.515. The normalized spacial score (nSPS) is 11.5. The van der Waals surface area contributed by atoms with E-state index in [4.69, 9.17) is 10.5 Å². The lowest BCUT2D eigenvalue weighted by molar-refractivity contribution is -0.118. The quantitative estimate of drug-likeness (QED) is 0.689. The first-order valence-corrected chi connectivity index (χ1v) is 8.10. The van der Waals surface area contributed by atoms with Gasteiger partial charge >= 0.3 is 0 Å². The molecule has 3 N–H and O–H groups in total. The van der Waals surface area contributed by atoms with Crippen molar-refractivity contribution in [1.29, 1.82) is 0 Å².